The highest BCUT2D eigenvalue weighted by Gasteiger charge is 2.14. The first-order valence-corrected chi connectivity index (χ1v) is 5.64. The lowest BCUT2D eigenvalue weighted by molar-refractivity contribution is 0.616. The lowest BCUT2D eigenvalue weighted by Crippen LogP contribution is -2.13. The van der Waals surface area contributed by atoms with E-state index in [4.69, 9.17) is 28.9 Å². The summed E-state index contributed by atoms with van der Waals surface area (Å²) in [6.45, 7) is 0. The van der Waals surface area contributed by atoms with Gasteiger partial charge >= 0.3 is 0 Å². The van der Waals surface area contributed by atoms with Crippen LogP contribution in [0.4, 0.5) is 4.39 Å². The van der Waals surface area contributed by atoms with Crippen molar-refractivity contribution in [2.24, 2.45) is 5.73 Å². The molecule has 88 valence electrons. The molecule has 5 heteroatoms. The minimum absolute atomic E-state index is 0.434. The number of hydrogen-bond donors (Lipinski definition) is 1. The summed E-state index contributed by atoms with van der Waals surface area (Å²) in [5.74, 6) is -0.434. The zero-order valence-corrected chi connectivity index (χ0v) is 10.2. The number of aromatic nitrogens is 1. The Hall–Kier alpha value is -1.16. The Morgan fingerprint density at radius 3 is 2.65 bits per heavy atom. The number of benzene rings is 1. The van der Waals surface area contributed by atoms with E-state index in [1.807, 2.05) is 0 Å². The van der Waals surface area contributed by atoms with Crippen molar-refractivity contribution in [2.75, 3.05) is 0 Å². The molecule has 0 fully saturated rings. The molecule has 0 aliphatic carbocycles. The fourth-order valence-electron chi connectivity index (χ4n) is 1.53. The summed E-state index contributed by atoms with van der Waals surface area (Å²) in [4.78, 5) is 3.75. The number of nitrogens with two attached hydrogens (primary N) is 1. The van der Waals surface area contributed by atoms with Crippen LogP contribution in [0.5, 0.6) is 0 Å². The standard InChI is InChI=1S/C12H9Cl2FN2/c13-8-1-2-11(14)10(4-8)12(16)7-3-9(15)6-17-5-7/h1-6,12H,16H2. The van der Waals surface area contributed by atoms with E-state index in [0.29, 0.717) is 21.2 Å². The van der Waals surface area contributed by atoms with Crippen molar-refractivity contribution in [3.05, 3.63) is 63.6 Å². The van der Waals surface area contributed by atoms with Gasteiger partial charge in [-0.25, -0.2) is 4.39 Å². The second-order valence-corrected chi connectivity index (χ2v) is 4.42. The van der Waals surface area contributed by atoms with Crippen LogP contribution < -0.4 is 5.73 Å². The van der Waals surface area contributed by atoms with Gasteiger partial charge in [0.1, 0.15) is 5.82 Å². The van der Waals surface area contributed by atoms with Crippen LogP contribution in [0.3, 0.4) is 0 Å². The minimum atomic E-state index is -0.551. The molecule has 0 saturated heterocycles. The molecule has 1 heterocycles. The van der Waals surface area contributed by atoms with Crippen molar-refractivity contribution in [2.45, 2.75) is 6.04 Å². The van der Waals surface area contributed by atoms with E-state index in [1.165, 1.54) is 12.3 Å². The van der Waals surface area contributed by atoms with Crippen LogP contribution in [-0.2, 0) is 0 Å². The smallest absolute Gasteiger partial charge is 0.141 e. The van der Waals surface area contributed by atoms with Gasteiger partial charge in [0.25, 0.3) is 0 Å². The van der Waals surface area contributed by atoms with Gasteiger partial charge in [0.15, 0.2) is 0 Å². The highest BCUT2D eigenvalue weighted by molar-refractivity contribution is 6.33. The Kier molecular flexibility index (Phi) is 3.62. The normalized spacial score (nSPS) is 12.5. The predicted molar refractivity (Wildman–Crippen MR) is 66.7 cm³/mol. The summed E-state index contributed by atoms with van der Waals surface area (Å²) in [6, 6.07) is 5.77. The monoisotopic (exact) mass is 270 g/mol. The Bertz CT molecular complexity index is 546. The van der Waals surface area contributed by atoms with Gasteiger partial charge in [0, 0.05) is 16.2 Å². The van der Waals surface area contributed by atoms with Crippen LogP contribution in [0.2, 0.25) is 10.0 Å². The molecule has 1 unspecified atom stereocenters. The first kappa shape index (κ1) is 12.3. The van der Waals surface area contributed by atoms with Crippen molar-refractivity contribution >= 4 is 23.2 Å². The summed E-state index contributed by atoms with van der Waals surface area (Å²) in [5.41, 5.74) is 7.20. The van der Waals surface area contributed by atoms with E-state index in [2.05, 4.69) is 4.98 Å². The van der Waals surface area contributed by atoms with Crippen molar-refractivity contribution in [3.63, 3.8) is 0 Å². The molecule has 2 N–H and O–H groups in total. The zero-order valence-electron chi connectivity index (χ0n) is 8.70. The molecular formula is C12H9Cl2FN2. The van der Waals surface area contributed by atoms with Gasteiger partial charge in [-0.05, 0) is 35.4 Å². The molecule has 1 atom stereocenters. The summed E-state index contributed by atoms with van der Waals surface area (Å²) >= 11 is 11.9. The fraction of sp³-hybridized carbons (Fsp3) is 0.0833. The topological polar surface area (TPSA) is 38.9 Å². The molecular weight excluding hydrogens is 262 g/mol. The number of hydrogen-bond acceptors (Lipinski definition) is 2. The highest BCUT2D eigenvalue weighted by atomic mass is 35.5. The Balaban J connectivity index is 2.43. The van der Waals surface area contributed by atoms with Gasteiger partial charge in [0.05, 0.1) is 12.2 Å². The average molecular weight is 271 g/mol. The summed E-state index contributed by atoms with van der Waals surface area (Å²) in [7, 11) is 0. The summed E-state index contributed by atoms with van der Waals surface area (Å²) < 4.78 is 13.0. The second kappa shape index (κ2) is 5.00. The molecule has 17 heavy (non-hydrogen) atoms. The maximum Gasteiger partial charge on any atom is 0.141 e. The van der Waals surface area contributed by atoms with E-state index >= 15 is 0 Å². The molecule has 0 bridgehead atoms. The van der Waals surface area contributed by atoms with Gasteiger partial charge in [-0.3, -0.25) is 4.98 Å². The molecule has 0 aliphatic heterocycles. The maximum absolute atomic E-state index is 13.0. The predicted octanol–water partition coefficient (Wildman–Crippen LogP) is 3.58. The van der Waals surface area contributed by atoms with E-state index in [1.54, 1.807) is 18.2 Å². The lowest BCUT2D eigenvalue weighted by Gasteiger charge is -2.14. The third-order valence-electron chi connectivity index (χ3n) is 2.38. The van der Waals surface area contributed by atoms with Crippen LogP contribution in [-0.4, -0.2) is 4.98 Å². The average Bonchev–Trinajstić information content (AvgIpc) is 2.31. The highest BCUT2D eigenvalue weighted by Crippen LogP contribution is 2.28. The van der Waals surface area contributed by atoms with E-state index in [0.717, 1.165) is 6.20 Å². The first-order chi connectivity index (χ1) is 8.08. The minimum Gasteiger partial charge on any atom is -0.320 e. The third kappa shape index (κ3) is 2.75. The van der Waals surface area contributed by atoms with Crippen molar-refractivity contribution in [1.29, 1.82) is 0 Å². The van der Waals surface area contributed by atoms with Gasteiger partial charge in [-0.2, -0.15) is 0 Å². The Morgan fingerprint density at radius 2 is 1.94 bits per heavy atom. The van der Waals surface area contributed by atoms with Crippen LogP contribution in [0.25, 0.3) is 0 Å². The second-order valence-electron chi connectivity index (χ2n) is 3.58. The molecule has 2 nitrogen and oxygen atoms in total. The van der Waals surface area contributed by atoms with Gasteiger partial charge < -0.3 is 5.73 Å². The van der Waals surface area contributed by atoms with E-state index < -0.39 is 11.9 Å². The molecule has 1 aromatic carbocycles. The van der Waals surface area contributed by atoms with Gasteiger partial charge in [0.2, 0.25) is 0 Å². The maximum atomic E-state index is 13.0. The third-order valence-corrected chi connectivity index (χ3v) is 2.96. The van der Waals surface area contributed by atoms with Crippen LogP contribution in [0.1, 0.15) is 17.2 Å². The van der Waals surface area contributed by atoms with E-state index in [-0.39, 0.29) is 0 Å². The van der Waals surface area contributed by atoms with Crippen molar-refractivity contribution in [1.82, 2.24) is 4.98 Å². The zero-order chi connectivity index (χ0) is 12.4. The molecule has 2 rings (SSSR count). The molecule has 0 spiro atoms. The number of nitrogens with zero attached hydrogens (tertiary/aromatic N) is 1. The number of pyridine rings is 1. The van der Waals surface area contributed by atoms with Gasteiger partial charge in [-0.1, -0.05) is 23.2 Å². The van der Waals surface area contributed by atoms with E-state index in [9.17, 15) is 4.39 Å². The fourth-order valence-corrected chi connectivity index (χ4v) is 1.95. The largest absolute Gasteiger partial charge is 0.320 e. The van der Waals surface area contributed by atoms with Gasteiger partial charge in [-0.15, -0.1) is 0 Å². The first-order valence-electron chi connectivity index (χ1n) is 4.89. The Labute approximate surface area is 108 Å². The van der Waals surface area contributed by atoms with Crippen LogP contribution in [0.15, 0.2) is 36.7 Å². The molecule has 1 aromatic heterocycles. The number of halogens is 3. The SMILES string of the molecule is NC(c1cncc(F)c1)c1cc(Cl)ccc1Cl. The molecule has 0 aliphatic rings. The van der Waals surface area contributed by atoms with Crippen LogP contribution >= 0.6 is 23.2 Å². The van der Waals surface area contributed by atoms with Crippen LogP contribution in [0, 0.1) is 5.82 Å². The lowest BCUT2D eigenvalue weighted by atomic mass is 10.0. The molecule has 0 radical (unpaired) electrons. The summed E-state index contributed by atoms with van der Waals surface area (Å²) in [6.07, 6.45) is 2.63. The number of rotatable bonds is 2. The van der Waals surface area contributed by atoms with Crippen molar-refractivity contribution in [3.8, 4) is 0 Å². The molecule has 0 amide bonds. The van der Waals surface area contributed by atoms with Crippen molar-refractivity contribution < 1.29 is 4.39 Å². The molecule has 2 aromatic rings. The summed E-state index contributed by atoms with van der Waals surface area (Å²) in [5, 5.41) is 1.02. The Morgan fingerprint density at radius 1 is 1.18 bits per heavy atom. The quantitative estimate of drug-likeness (QED) is 0.906. The molecule has 0 saturated carbocycles.